The molecule has 0 fully saturated rings. The predicted molar refractivity (Wildman–Crippen MR) is 131 cm³/mol. The monoisotopic (exact) mass is 499 g/mol. The Balaban J connectivity index is 1.51. The van der Waals surface area contributed by atoms with Crippen molar-refractivity contribution in [3.05, 3.63) is 91.6 Å². The molecule has 0 radical (unpaired) electrons. The van der Waals surface area contributed by atoms with Gasteiger partial charge in [-0.3, -0.25) is 0 Å². The van der Waals surface area contributed by atoms with Crippen molar-refractivity contribution < 1.29 is 9.59 Å². The number of Topliss-reactive ketones (excluding diaryl/α,β-unsaturated/α-hetero) is 2. The van der Waals surface area contributed by atoms with E-state index in [1.165, 1.54) is 48.8 Å². The summed E-state index contributed by atoms with van der Waals surface area (Å²) in [5.74, 6) is -0.270. The van der Waals surface area contributed by atoms with Gasteiger partial charge in [-0.1, -0.05) is 0 Å². The van der Waals surface area contributed by atoms with Gasteiger partial charge in [0.25, 0.3) is 0 Å². The second kappa shape index (κ2) is 6.08. The summed E-state index contributed by atoms with van der Waals surface area (Å²) in [5, 5.41) is 6.12. The van der Waals surface area contributed by atoms with E-state index in [1.54, 1.807) is 10.8 Å². The Morgan fingerprint density at radius 3 is 2.41 bits per heavy atom. The molecule has 5 heteroatoms. The van der Waals surface area contributed by atoms with E-state index in [2.05, 4.69) is 66.9 Å². The number of rotatable bonds is 1. The van der Waals surface area contributed by atoms with Crippen LogP contribution in [0.25, 0.3) is 32.4 Å². The van der Waals surface area contributed by atoms with Crippen molar-refractivity contribution in [1.29, 1.82) is 0 Å². The molecule has 3 aromatic heterocycles. The maximum atomic E-state index is 12.8. The summed E-state index contributed by atoms with van der Waals surface area (Å²) in [6.07, 6.45) is 1.86. The molecule has 0 saturated heterocycles. The van der Waals surface area contributed by atoms with Crippen molar-refractivity contribution in [2.24, 2.45) is 0 Å². The molecule has 5 aromatic rings. The fourth-order valence-electron chi connectivity index (χ4n) is 5.28. The molecule has 2 aromatic carbocycles. The molecule has 0 saturated carbocycles. The van der Waals surface area contributed by atoms with Gasteiger partial charge in [0.15, 0.2) is 0 Å². The molecule has 32 heavy (non-hydrogen) atoms. The Morgan fingerprint density at radius 2 is 1.62 bits per heavy atom. The number of ketones is 2. The molecule has 0 N–H and O–H groups in total. The Bertz CT molecular complexity index is 1660. The number of carbonyl (C=O) groups excluding carboxylic acids is 2. The van der Waals surface area contributed by atoms with E-state index in [-0.39, 0.29) is 31.5 Å². The van der Waals surface area contributed by atoms with Crippen molar-refractivity contribution in [1.82, 2.24) is 4.57 Å². The van der Waals surface area contributed by atoms with Crippen LogP contribution in [0.5, 0.6) is 0 Å². The summed E-state index contributed by atoms with van der Waals surface area (Å²) < 4.78 is 4.82. The van der Waals surface area contributed by atoms with Gasteiger partial charge < -0.3 is 0 Å². The van der Waals surface area contributed by atoms with Crippen molar-refractivity contribution in [2.45, 2.75) is 19.3 Å². The first kappa shape index (κ1) is 18.6. The molecule has 154 valence electrons. The van der Waals surface area contributed by atoms with Gasteiger partial charge in [0.05, 0.1) is 0 Å². The summed E-state index contributed by atoms with van der Waals surface area (Å²) in [6, 6.07) is 17.4. The van der Waals surface area contributed by atoms with Gasteiger partial charge in [0, 0.05) is 0 Å². The second-order valence-corrected chi connectivity index (χ2v) is 11.9. The van der Waals surface area contributed by atoms with E-state index in [1.807, 2.05) is 6.08 Å². The van der Waals surface area contributed by atoms with Crippen molar-refractivity contribution in [3.63, 3.8) is 0 Å². The summed E-state index contributed by atoms with van der Waals surface area (Å²) >= 11 is 1.41. The van der Waals surface area contributed by atoms with Crippen LogP contribution in [0.15, 0.2) is 64.9 Å². The molecule has 1 aliphatic heterocycles. The number of fused-ring (bicyclic) bond motifs is 6. The first-order valence-electron chi connectivity index (χ1n) is 10.5. The molecule has 3 nitrogen and oxygen atoms in total. The molecule has 4 heterocycles. The number of benzene rings is 2. The van der Waals surface area contributed by atoms with Crippen LogP contribution in [-0.2, 0) is 5.41 Å². The normalized spacial score (nSPS) is 16.1. The van der Waals surface area contributed by atoms with Gasteiger partial charge in [0.1, 0.15) is 0 Å². The number of thiophene rings is 1. The fourth-order valence-corrected chi connectivity index (χ4v) is 8.78. The number of para-hydroxylation sites is 2. The Morgan fingerprint density at radius 1 is 0.906 bits per heavy atom. The summed E-state index contributed by atoms with van der Waals surface area (Å²) in [5.41, 5.74) is 6.39. The minimum absolute atomic E-state index is 0.00235. The number of hydrogen-bond acceptors (Lipinski definition) is 3. The predicted octanol–water partition coefficient (Wildman–Crippen LogP) is 6.00. The van der Waals surface area contributed by atoms with E-state index in [0.717, 1.165) is 4.44 Å². The van der Waals surface area contributed by atoms with Crippen LogP contribution in [0.2, 0.25) is 0 Å². The van der Waals surface area contributed by atoms with E-state index >= 15 is 0 Å². The number of aromatic nitrogens is 1. The first-order valence-corrected chi connectivity index (χ1v) is 13.2. The molecular formula is C27H17NO2SSe. The Kier molecular flexibility index (Phi) is 3.53. The van der Waals surface area contributed by atoms with E-state index in [0.29, 0.717) is 16.7 Å². The number of allylic oxidation sites excluding steroid dienone is 1. The number of carbonyl (C=O) groups is 2. The van der Waals surface area contributed by atoms with Crippen molar-refractivity contribution in [2.75, 3.05) is 0 Å². The summed E-state index contributed by atoms with van der Waals surface area (Å²) in [7, 11) is 0. The zero-order valence-corrected chi connectivity index (χ0v) is 20.0. The average Bonchev–Trinajstić information content (AvgIpc) is 3.54. The molecule has 0 spiro atoms. The van der Waals surface area contributed by atoms with Gasteiger partial charge in [-0.2, -0.15) is 0 Å². The van der Waals surface area contributed by atoms with Crippen LogP contribution in [-0.4, -0.2) is 30.6 Å². The van der Waals surface area contributed by atoms with Crippen LogP contribution >= 0.6 is 11.3 Å². The molecule has 0 atom stereocenters. The second-order valence-electron chi connectivity index (χ2n) is 8.96. The minimum atomic E-state index is -0.150. The van der Waals surface area contributed by atoms with Crippen LogP contribution in [0.3, 0.4) is 0 Å². The van der Waals surface area contributed by atoms with Gasteiger partial charge in [-0.25, -0.2) is 0 Å². The van der Waals surface area contributed by atoms with Gasteiger partial charge in [-0.05, 0) is 0 Å². The standard InChI is InChI=1S/C27H17NO2SSe/c1-27(2)20-8-5-7-16-15-6-3-4-9-22(15)28(23(16)20)26-21(27)11-14(32-26)10-17-24(29)18-12-31-13-19(18)25(17)30/h3-13H,1-2H3. The molecule has 0 bridgehead atoms. The molecule has 0 unspecified atom stereocenters. The van der Waals surface area contributed by atoms with Gasteiger partial charge in [-0.15, -0.1) is 0 Å². The topological polar surface area (TPSA) is 39.1 Å². The van der Waals surface area contributed by atoms with Gasteiger partial charge >= 0.3 is 195 Å². The number of nitrogens with zero attached hydrogens (tertiary/aromatic N) is 1. The SMILES string of the molecule is CC1(C)c2cc(C=C3C(=O)c4cscc4C3=O)[se]c2-n2c3ccccc3c3cccc1c32. The van der Waals surface area contributed by atoms with Crippen LogP contribution < -0.4 is 0 Å². The third-order valence-corrected chi connectivity index (χ3v) is 9.89. The van der Waals surface area contributed by atoms with Crippen molar-refractivity contribution in [3.8, 4) is 4.56 Å². The summed E-state index contributed by atoms with van der Waals surface area (Å²) in [4.78, 5) is 25.7. The molecular weight excluding hydrogens is 481 g/mol. The molecule has 7 rings (SSSR count). The quantitative estimate of drug-likeness (QED) is 0.162. The Labute approximate surface area is 194 Å². The molecule has 2 aliphatic rings. The van der Waals surface area contributed by atoms with E-state index in [9.17, 15) is 9.59 Å². The third-order valence-electron chi connectivity index (χ3n) is 6.90. The van der Waals surface area contributed by atoms with E-state index < -0.39 is 0 Å². The first-order chi connectivity index (χ1) is 15.5. The van der Waals surface area contributed by atoms with Gasteiger partial charge in [0.2, 0.25) is 0 Å². The van der Waals surface area contributed by atoms with Crippen LogP contribution in [0.4, 0.5) is 0 Å². The van der Waals surface area contributed by atoms with Crippen molar-refractivity contribution >= 4 is 65.3 Å². The zero-order valence-electron chi connectivity index (χ0n) is 17.4. The molecule has 0 amide bonds. The fraction of sp³-hybridized carbons (Fsp3) is 0.111. The maximum absolute atomic E-state index is 12.8. The average molecular weight is 498 g/mol. The van der Waals surface area contributed by atoms with E-state index in [4.69, 9.17) is 0 Å². The number of hydrogen-bond donors (Lipinski definition) is 0. The zero-order chi connectivity index (χ0) is 21.8. The molecule has 1 aliphatic carbocycles. The van der Waals surface area contributed by atoms with Crippen LogP contribution in [0.1, 0.15) is 50.1 Å². The third kappa shape index (κ3) is 2.16. The van der Waals surface area contributed by atoms with Crippen LogP contribution in [0, 0.1) is 0 Å². The Hall–Kier alpha value is -2.98. The summed E-state index contributed by atoms with van der Waals surface area (Å²) in [6.45, 7) is 4.56.